The Balaban J connectivity index is 3.26. The third-order valence-electron chi connectivity index (χ3n) is 3.14. The number of nitrogens with one attached hydrogen (secondary N) is 2. The molecule has 0 heterocycles. The second-order valence-corrected chi connectivity index (χ2v) is 6.76. The summed E-state index contributed by atoms with van der Waals surface area (Å²) in [6.45, 7) is 4.19. The minimum Gasteiger partial charge on any atom is -0.375 e. The third-order valence-corrected chi connectivity index (χ3v) is 4.56. The van der Waals surface area contributed by atoms with E-state index in [9.17, 15) is 18.5 Å². The molecule has 0 saturated carbocycles. The van der Waals surface area contributed by atoms with E-state index in [4.69, 9.17) is 5.73 Å². The Bertz CT molecular complexity index is 616. The van der Waals surface area contributed by atoms with E-state index in [-0.39, 0.29) is 28.2 Å². The van der Waals surface area contributed by atoms with Gasteiger partial charge in [0.15, 0.2) is 0 Å². The Kier molecular flexibility index (Phi) is 5.64. The van der Waals surface area contributed by atoms with Gasteiger partial charge in [0.05, 0.1) is 9.82 Å². The van der Waals surface area contributed by atoms with Crippen LogP contribution in [0.25, 0.3) is 0 Å². The van der Waals surface area contributed by atoms with E-state index < -0.39 is 14.9 Å². The fraction of sp³-hybridized carbons (Fsp3) is 0.500. The van der Waals surface area contributed by atoms with Gasteiger partial charge < -0.3 is 11.1 Å². The summed E-state index contributed by atoms with van der Waals surface area (Å²) in [6, 6.07) is 3.58. The lowest BCUT2D eigenvalue weighted by Gasteiger charge is -2.21. The van der Waals surface area contributed by atoms with E-state index in [1.165, 1.54) is 19.2 Å². The summed E-state index contributed by atoms with van der Waals surface area (Å²) in [4.78, 5) is 10.4. The van der Waals surface area contributed by atoms with Crippen molar-refractivity contribution >= 4 is 21.4 Å². The fourth-order valence-electron chi connectivity index (χ4n) is 1.77. The van der Waals surface area contributed by atoms with Crippen molar-refractivity contribution in [3.05, 3.63) is 28.3 Å². The molecule has 1 rings (SSSR count). The monoisotopic (exact) mass is 316 g/mol. The first-order valence-electron chi connectivity index (χ1n) is 6.41. The van der Waals surface area contributed by atoms with Crippen LogP contribution in [0, 0.1) is 16.0 Å². The SMILES string of the molecule is CNS(=O)(=O)c1ccc(NC(CN)C(C)C)c([N+](=O)[O-])c1. The Morgan fingerprint density at radius 3 is 2.43 bits per heavy atom. The van der Waals surface area contributed by atoms with Crippen LogP contribution in [-0.2, 0) is 10.0 Å². The Morgan fingerprint density at radius 1 is 1.38 bits per heavy atom. The molecule has 0 saturated heterocycles. The van der Waals surface area contributed by atoms with Crippen LogP contribution >= 0.6 is 0 Å². The van der Waals surface area contributed by atoms with E-state index >= 15 is 0 Å². The van der Waals surface area contributed by atoms with Crippen LogP contribution in [0.1, 0.15) is 13.8 Å². The highest BCUT2D eigenvalue weighted by Crippen LogP contribution is 2.28. The van der Waals surface area contributed by atoms with Gasteiger partial charge in [-0.2, -0.15) is 0 Å². The molecular formula is C12H20N4O4S. The summed E-state index contributed by atoms with van der Waals surface area (Å²) < 4.78 is 25.5. The molecule has 0 bridgehead atoms. The standard InChI is InChI=1S/C12H20N4O4S/c1-8(2)11(7-13)15-10-5-4-9(21(19,20)14-3)6-12(10)16(17)18/h4-6,8,11,14-15H,7,13H2,1-3H3. The van der Waals surface area contributed by atoms with Gasteiger partial charge in [-0.15, -0.1) is 0 Å². The second-order valence-electron chi connectivity index (χ2n) is 4.87. The molecule has 0 spiro atoms. The van der Waals surface area contributed by atoms with Crippen LogP contribution in [0.3, 0.4) is 0 Å². The molecule has 0 aliphatic heterocycles. The molecule has 8 nitrogen and oxygen atoms in total. The minimum atomic E-state index is -3.73. The molecule has 118 valence electrons. The van der Waals surface area contributed by atoms with Gasteiger partial charge in [-0.25, -0.2) is 13.1 Å². The molecule has 0 radical (unpaired) electrons. The highest BCUT2D eigenvalue weighted by Gasteiger charge is 2.22. The van der Waals surface area contributed by atoms with Gasteiger partial charge in [0.1, 0.15) is 5.69 Å². The van der Waals surface area contributed by atoms with Gasteiger partial charge in [0.2, 0.25) is 10.0 Å². The smallest absolute Gasteiger partial charge is 0.293 e. The van der Waals surface area contributed by atoms with Crippen LogP contribution in [0.15, 0.2) is 23.1 Å². The van der Waals surface area contributed by atoms with Gasteiger partial charge in [-0.3, -0.25) is 10.1 Å². The number of hydrogen-bond acceptors (Lipinski definition) is 6. The predicted molar refractivity (Wildman–Crippen MR) is 80.6 cm³/mol. The zero-order valence-electron chi connectivity index (χ0n) is 12.2. The topological polar surface area (TPSA) is 127 Å². The van der Waals surface area contributed by atoms with Crippen molar-refractivity contribution in [1.82, 2.24) is 4.72 Å². The molecule has 1 aromatic carbocycles. The Morgan fingerprint density at radius 2 is 2.00 bits per heavy atom. The highest BCUT2D eigenvalue weighted by molar-refractivity contribution is 7.89. The summed E-state index contributed by atoms with van der Waals surface area (Å²) in [6.07, 6.45) is 0. The van der Waals surface area contributed by atoms with Crippen LogP contribution < -0.4 is 15.8 Å². The molecule has 1 aromatic rings. The van der Waals surface area contributed by atoms with E-state index in [0.29, 0.717) is 6.54 Å². The highest BCUT2D eigenvalue weighted by atomic mass is 32.2. The lowest BCUT2D eigenvalue weighted by atomic mass is 10.0. The lowest BCUT2D eigenvalue weighted by Crippen LogP contribution is -2.33. The first-order chi connectivity index (χ1) is 9.72. The van der Waals surface area contributed by atoms with Crippen molar-refractivity contribution in [1.29, 1.82) is 0 Å². The maximum absolute atomic E-state index is 11.7. The molecule has 4 N–H and O–H groups in total. The third kappa shape index (κ3) is 4.13. The van der Waals surface area contributed by atoms with Crippen LogP contribution in [0.2, 0.25) is 0 Å². The van der Waals surface area contributed by atoms with Crippen molar-refractivity contribution in [2.45, 2.75) is 24.8 Å². The van der Waals surface area contributed by atoms with Crippen molar-refractivity contribution < 1.29 is 13.3 Å². The first kappa shape index (κ1) is 17.3. The van der Waals surface area contributed by atoms with Crippen LogP contribution in [0.5, 0.6) is 0 Å². The van der Waals surface area contributed by atoms with Gasteiger partial charge in [0.25, 0.3) is 5.69 Å². The normalized spacial score (nSPS) is 13.2. The summed E-state index contributed by atoms with van der Waals surface area (Å²) in [5.41, 5.74) is 5.58. The van der Waals surface area contributed by atoms with E-state index in [1.807, 2.05) is 13.8 Å². The number of anilines is 1. The van der Waals surface area contributed by atoms with Gasteiger partial charge >= 0.3 is 0 Å². The van der Waals surface area contributed by atoms with Crippen molar-refractivity contribution in [3.63, 3.8) is 0 Å². The first-order valence-corrected chi connectivity index (χ1v) is 7.89. The molecule has 1 unspecified atom stereocenters. The quantitative estimate of drug-likeness (QED) is 0.506. The maximum Gasteiger partial charge on any atom is 0.293 e. The fourth-order valence-corrected chi connectivity index (χ4v) is 2.52. The number of sulfonamides is 1. The molecule has 0 aliphatic rings. The average Bonchev–Trinajstić information content (AvgIpc) is 2.43. The molecule has 1 atom stereocenters. The summed E-state index contributed by atoms with van der Waals surface area (Å²) >= 11 is 0. The summed E-state index contributed by atoms with van der Waals surface area (Å²) in [5, 5.41) is 14.1. The Hall–Kier alpha value is -1.71. The molecular weight excluding hydrogens is 296 g/mol. The zero-order chi connectivity index (χ0) is 16.2. The molecule has 0 amide bonds. The number of hydrogen-bond donors (Lipinski definition) is 3. The van der Waals surface area contributed by atoms with Crippen molar-refractivity contribution in [3.8, 4) is 0 Å². The second kappa shape index (κ2) is 6.83. The largest absolute Gasteiger partial charge is 0.375 e. The number of nitrogens with zero attached hydrogens (tertiary/aromatic N) is 1. The maximum atomic E-state index is 11.7. The molecule has 0 aliphatic carbocycles. The zero-order valence-corrected chi connectivity index (χ0v) is 13.0. The van der Waals surface area contributed by atoms with E-state index in [0.717, 1.165) is 6.07 Å². The van der Waals surface area contributed by atoms with Gasteiger partial charge in [0, 0.05) is 18.7 Å². The minimum absolute atomic E-state index is 0.143. The van der Waals surface area contributed by atoms with Crippen LogP contribution in [-0.4, -0.2) is 33.0 Å². The van der Waals surface area contributed by atoms with Gasteiger partial charge in [-0.05, 0) is 25.1 Å². The summed E-state index contributed by atoms with van der Waals surface area (Å²) in [7, 11) is -2.48. The Labute approximate surface area is 123 Å². The number of benzene rings is 1. The lowest BCUT2D eigenvalue weighted by molar-refractivity contribution is -0.384. The van der Waals surface area contributed by atoms with Crippen molar-refractivity contribution in [2.75, 3.05) is 18.9 Å². The number of nitrogens with two attached hydrogens (primary N) is 1. The molecule has 21 heavy (non-hydrogen) atoms. The molecule has 9 heteroatoms. The van der Waals surface area contributed by atoms with Crippen molar-refractivity contribution in [2.24, 2.45) is 11.7 Å². The number of nitro groups is 1. The van der Waals surface area contributed by atoms with E-state index in [1.54, 1.807) is 0 Å². The average molecular weight is 316 g/mol. The van der Waals surface area contributed by atoms with Gasteiger partial charge in [-0.1, -0.05) is 13.8 Å². The predicted octanol–water partition coefficient (Wildman–Crippen LogP) is 0.898. The van der Waals surface area contributed by atoms with Crippen LogP contribution in [0.4, 0.5) is 11.4 Å². The van der Waals surface area contributed by atoms with E-state index in [2.05, 4.69) is 10.0 Å². The summed E-state index contributed by atoms with van der Waals surface area (Å²) in [5.74, 6) is 0.176. The molecule has 0 aromatic heterocycles. The number of nitro benzene ring substituents is 1. The molecule has 0 fully saturated rings. The number of rotatable bonds is 7.